The van der Waals surface area contributed by atoms with Crippen LogP contribution in [0.5, 0.6) is 5.75 Å². The Kier molecular flexibility index (Phi) is 7.19. The fraction of sp³-hybridized carbons (Fsp3) is 0.316. The summed E-state index contributed by atoms with van der Waals surface area (Å²) >= 11 is 0. The molecule has 0 saturated heterocycles. The molecule has 0 aliphatic carbocycles. The number of aliphatic imine (C=N–C) groups is 1. The van der Waals surface area contributed by atoms with Crippen LogP contribution in [0.4, 0.5) is 8.78 Å². The molecule has 0 fully saturated rings. The van der Waals surface area contributed by atoms with E-state index in [1.54, 1.807) is 13.1 Å². The normalized spacial score (nSPS) is 11.3. The van der Waals surface area contributed by atoms with Crippen molar-refractivity contribution in [3.63, 3.8) is 0 Å². The topological polar surface area (TPSA) is 45.6 Å². The van der Waals surface area contributed by atoms with Crippen LogP contribution in [0.15, 0.2) is 47.5 Å². The predicted molar refractivity (Wildman–Crippen MR) is 95.9 cm³/mol. The van der Waals surface area contributed by atoms with Gasteiger partial charge in [-0.2, -0.15) is 0 Å². The lowest BCUT2D eigenvalue weighted by atomic mass is 10.1. The van der Waals surface area contributed by atoms with E-state index in [0.29, 0.717) is 37.6 Å². The highest BCUT2D eigenvalue weighted by molar-refractivity contribution is 5.79. The third-order valence-corrected chi connectivity index (χ3v) is 3.66. The van der Waals surface area contributed by atoms with Gasteiger partial charge >= 0.3 is 0 Å². The van der Waals surface area contributed by atoms with Crippen molar-refractivity contribution >= 4 is 5.96 Å². The Labute approximate surface area is 146 Å². The van der Waals surface area contributed by atoms with Crippen molar-refractivity contribution in [2.24, 2.45) is 4.99 Å². The first-order chi connectivity index (χ1) is 12.2. The molecular weight excluding hydrogens is 324 g/mol. The van der Waals surface area contributed by atoms with Crippen LogP contribution in [0.3, 0.4) is 0 Å². The van der Waals surface area contributed by atoms with E-state index in [4.69, 9.17) is 4.74 Å². The number of benzene rings is 2. The number of nitrogens with zero attached hydrogens (tertiary/aromatic N) is 1. The minimum atomic E-state index is -0.826. The van der Waals surface area contributed by atoms with Crippen LogP contribution in [-0.2, 0) is 13.0 Å². The molecule has 0 aliphatic heterocycles. The maximum atomic E-state index is 13.6. The van der Waals surface area contributed by atoms with Gasteiger partial charge in [-0.15, -0.1) is 0 Å². The zero-order valence-corrected chi connectivity index (χ0v) is 14.5. The van der Waals surface area contributed by atoms with Crippen molar-refractivity contribution in [3.8, 4) is 5.75 Å². The van der Waals surface area contributed by atoms with Crippen molar-refractivity contribution in [2.75, 3.05) is 20.2 Å². The van der Waals surface area contributed by atoms with E-state index in [1.165, 1.54) is 6.07 Å². The van der Waals surface area contributed by atoms with Gasteiger partial charge in [-0.3, -0.25) is 4.99 Å². The first-order valence-electron chi connectivity index (χ1n) is 8.23. The SMILES string of the molecule is CCOc1ccccc1CNC(=NC)NCCc1cccc(F)c1F. The summed E-state index contributed by atoms with van der Waals surface area (Å²) in [6, 6.07) is 12.0. The van der Waals surface area contributed by atoms with Crippen molar-refractivity contribution in [1.82, 2.24) is 10.6 Å². The zero-order chi connectivity index (χ0) is 18.1. The maximum absolute atomic E-state index is 13.6. The van der Waals surface area contributed by atoms with Crippen LogP contribution < -0.4 is 15.4 Å². The second-order valence-electron chi connectivity index (χ2n) is 5.36. The van der Waals surface area contributed by atoms with Gasteiger partial charge in [0.25, 0.3) is 0 Å². The van der Waals surface area contributed by atoms with E-state index >= 15 is 0 Å². The van der Waals surface area contributed by atoms with Crippen LogP contribution in [-0.4, -0.2) is 26.2 Å². The van der Waals surface area contributed by atoms with E-state index in [2.05, 4.69) is 15.6 Å². The molecule has 2 rings (SSSR count). The summed E-state index contributed by atoms with van der Waals surface area (Å²) in [5.74, 6) is -0.205. The third-order valence-electron chi connectivity index (χ3n) is 3.66. The van der Waals surface area contributed by atoms with Gasteiger partial charge in [0, 0.05) is 25.7 Å². The molecular formula is C19H23F2N3O. The molecule has 25 heavy (non-hydrogen) atoms. The Hall–Kier alpha value is -2.63. The summed E-state index contributed by atoms with van der Waals surface area (Å²) in [5, 5.41) is 6.28. The number of ether oxygens (including phenoxy) is 1. The molecule has 0 bridgehead atoms. The highest BCUT2D eigenvalue weighted by Crippen LogP contribution is 2.17. The largest absolute Gasteiger partial charge is 0.494 e. The smallest absolute Gasteiger partial charge is 0.191 e. The predicted octanol–water partition coefficient (Wildman–Crippen LogP) is 3.27. The van der Waals surface area contributed by atoms with Crippen molar-refractivity contribution < 1.29 is 13.5 Å². The van der Waals surface area contributed by atoms with E-state index in [9.17, 15) is 8.78 Å². The Balaban J connectivity index is 1.86. The van der Waals surface area contributed by atoms with Crippen LogP contribution >= 0.6 is 0 Å². The molecule has 2 N–H and O–H groups in total. The fourth-order valence-corrected chi connectivity index (χ4v) is 2.40. The van der Waals surface area contributed by atoms with Crippen molar-refractivity contribution in [3.05, 3.63) is 65.2 Å². The molecule has 2 aromatic rings. The Morgan fingerprint density at radius 1 is 1.04 bits per heavy atom. The number of rotatable bonds is 7. The van der Waals surface area contributed by atoms with Crippen molar-refractivity contribution in [2.45, 2.75) is 19.9 Å². The minimum absolute atomic E-state index is 0.338. The number of hydrogen-bond acceptors (Lipinski definition) is 2. The van der Waals surface area contributed by atoms with Gasteiger partial charge in [-0.25, -0.2) is 8.78 Å². The van der Waals surface area contributed by atoms with E-state index in [-0.39, 0.29) is 0 Å². The average molecular weight is 347 g/mol. The number of nitrogens with one attached hydrogen (secondary N) is 2. The molecule has 0 saturated carbocycles. The summed E-state index contributed by atoms with van der Waals surface area (Å²) < 4.78 is 32.4. The molecule has 0 aromatic heterocycles. The molecule has 0 amide bonds. The number of para-hydroxylation sites is 1. The Morgan fingerprint density at radius 2 is 1.80 bits per heavy atom. The highest BCUT2D eigenvalue weighted by Gasteiger charge is 2.08. The first-order valence-corrected chi connectivity index (χ1v) is 8.23. The van der Waals surface area contributed by atoms with Crippen LogP contribution in [0.2, 0.25) is 0 Å². The summed E-state index contributed by atoms with van der Waals surface area (Å²) in [4.78, 5) is 4.14. The monoisotopic (exact) mass is 347 g/mol. The summed E-state index contributed by atoms with van der Waals surface area (Å²) in [5.41, 5.74) is 1.35. The molecule has 4 nitrogen and oxygen atoms in total. The van der Waals surface area contributed by atoms with Crippen LogP contribution in [0, 0.1) is 11.6 Å². The molecule has 0 aliphatic rings. The van der Waals surface area contributed by atoms with Gasteiger partial charge in [0.05, 0.1) is 6.61 Å². The summed E-state index contributed by atoms with van der Waals surface area (Å²) in [6.45, 7) is 3.52. The lowest BCUT2D eigenvalue weighted by Crippen LogP contribution is -2.38. The molecule has 0 heterocycles. The first kappa shape index (κ1) is 18.7. The minimum Gasteiger partial charge on any atom is -0.494 e. The molecule has 0 spiro atoms. The molecule has 2 aromatic carbocycles. The van der Waals surface area contributed by atoms with E-state index in [1.807, 2.05) is 31.2 Å². The lowest BCUT2D eigenvalue weighted by Gasteiger charge is -2.14. The number of hydrogen-bond donors (Lipinski definition) is 2. The molecule has 0 atom stereocenters. The third kappa shape index (κ3) is 5.45. The lowest BCUT2D eigenvalue weighted by molar-refractivity contribution is 0.336. The molecule has 6 heteroatoms. The highest BCUT2D eigenvalue weighted by atomic mass is 19.2. The number of guanidine groups is 1. The van der Waals surface area contributed by atoms with E-state index < -0.39 is 11.6 Å². The average Bonchev–Trinajstić information content (AvgIpc) is 2.63. The second-order valence-corrected chi connectivity index (χ2v) is 5.36. The van der Waals surface area contributed by atoms with Gasteiger partial charge in [0.1, 0.15) is 5.75 Å². The number of halogens is 2. The van der Waals surface area contributed by atoms with Gasteiger partial charge < -0.3 is 15.4 Å². The van der Waals surface area contributed by atoms with Gasteiger partial charge in [0.2, 0.25) is 0 Å². The Bertz CT molecular complexity index is 720. The second kappa shape index (κ2) is 9.61. The quantitative estimate of drug-likeness (QED) is 0.597. The van der Waals surface area contributed by atoms with Gasteiger partial charge in [0.15, 0.2) is 17.6 Å². The van der Waals surface area contributed by atoms with Crippen LogP contribution in [0.1, 0.15) is 18.1 Å². The molecule has 134 valence electrons. The molecule has 0 unspecified atom stereocenters. The zero-order valence-electron chi connectivity index (χ0n) is 14.5. The fourth-order valence-electron chi connectivity index (χ4n) is 2.40. The summed E-state index contributed by atoms with van der Waals surface area (Å²) in [6.07, 6.45) is 0.361. The van der Waals surface area contributed by atoms with E-state index in [0.717, 1.165) is 17.4 Å². The van der Waals surface area contributed by atoms with Crippen molar-refractivity contribution in [1.29, 1.82) is 0 Å². The van der Waals surface area contributed by atoms with Gasteiger partial charge in [-0.05, 0) is 31.0 Å². The van der Waals surface area contributed by atoms with Crippen LogP contribution in [0.25, 0.3) is 0 Å². The van der Waals surface area contributed by atoms with Gasteiger partial charge in [-0.1, -0.05) is 30.3 Å². The summed E-state index contributed by atoms with van der Waals surface area (Å²) in [7, 11) is 1.66. The molecule has 0 radical (unpaired) electrons. The Morgan fingerprint density at radius 3 is 2.56 bits per heavy atom. The maximum Gasteiger partial charge on any atom is 0.191 e. The standard InChI is InChI=1S/C19H23F2N3O/c1-3-25-17-10-5-4-7-15(17)13-24-19(22-2)23-12-11-14-8-6-9-16(20)18(14)21/h4-10H,3,11-13H2,1-2H3,(H2,22,23,24).